The van der Waals surface area contributed by atoms with E-state index in [1.165, 1.54) is 18.2 Å². The fourth-order valence-electron chi connectivity index (χ4n) is 1.62. The molecule has 0 aromatic heterocycles. The van der Waals surface area contributed by atoms with Gasteiger partial charge in [-0.25, -0.2) is 0 Å². The van der Waals surface area contributed by atoms with E-state index in [4.69, 9.17) is 5.26 Å². The van der Waals surface area contributed by atoms with Crippen molar-refractivity contribution in [2.75, 3.05) is 33.7 Å². The van der Waals surface area contributed by atoms with Crippen molar-refractivity contribution in [2.24, 2.45) is 0 Å². The number of nitrogens with one attached hydrogen (secondary N) is 2. The summed E-state index contributed by atoms with van der Waals surface area (Å²) in [6, 6.07) is 7.86. The normalized spacial score (nSPS) is 11.0. The molecule has 1 rings (SSSR count). The van der Waals surface area contributed by atoms with Crippen LogP contribution in [0.3, 0.4) is 0 Å². The second-order valence-electron chi connectivity index (χ2n) is 5.10. The van der Waals surface area contributed by atoms with Gasteiger partial charge in [0.15, 0.2) is 0 Å². The summed E-state index contributed by atoms with van der Waals surface area (Å²) in [6.45, 7) is 0.987. The monoisotopic (exact) mass is 316 g/mol. The molecule has 0 aliphatic rings. The molecule has 0 heterocycles. The predicted octanol–water partition coefficient (Wildman–Crippen LogP) is 0.0932. The third-order valence-electron chi connectivity index (χ3n) is 2.86. The molecule has 23 heavy (non-hydrogen) atoms. The van der Waals surface area contributed by atoms with Crippen LogP contribution < -0.4 is 10.6 Å². The van der Waals surface area contributed by atoms with Gasteiger partial charge >= 0.3 is 0 Å². The van der Waals surface area contributed by atoms with Crippen LogP contribution in [-0.2, 0) is 9.59 Å². The quantitative estimate of drug-likeness (QED) is 0.488. The fraction of sp³-hybridized carbons (Fsp3) is 0.312. The summed E-state index contributed by atoms with van der Waals surface area (Å²) in [5.41, 5.74) is 0.488. The maximum Gasteiger partial charge on any atom is 0.262 e. The average molecular weight is 316 g/mol. The number of amides is 2. The Hall–Kier alpha value is -2.85. The van der Waals surface area contributed by atoms with Gasteiger partial charge < -0.3 is 20.6 Å². The Morgan fingerprint density at radius 2 is 1.91 bits per heavy atom. The first-order valence-electron chi connectivity index (χ1n) is 7.03. The van der Waals surface area contributed by atoms with Crippen molar-refractivity contribution >= 4 is 17.9 Å². The number of rotatable bonds is 7. The molecule has 7 nitrogen and oxygen atoms in total. The number of carbonyl (C=O) groups is 2. The van der Waals surface area contributed by atoms with Crippen molar-refractivity contribution in [1.29, 1.82) is 5.26 Å². The maximum atomic E-state index is 11.9. The third-order valence-corrected chi connectivity index (χ3v) is 2.86. The highest BCUT2D eigenvalue weighted by Gasteiger charge is 2.10. The highest BCUT2D eigenvalue weighted by Crippen LogP contribution is 2.12. The molecule has 1 aromatic rings. The van der Waals surface area contributed by atoms with Gasteiger partial charge in [-0.15, -0.1) is 0 Å². The van der Waals surface area contributed by atoms with E-state index in [-0.39, 0.29) is 23.8 Å². The number of benzene rings is 1. The highest BCUT2D eigenvalue weighted by molar-refractivity contribution is 6.02. The Morgan fingerprint density at radius 3 is 2.48 bits per heavy atom. The Labute approximate surface area is 135 Å². The second-order valence-corrected chi connectivity index (χ2v) is 5.10. The first-order valence-corrected chi connectivity index (χ1v) is 7.03. The smallest absolute Gasteiger partial charge is 0.262 e. The van der Waals surface area contributed by atoms with E-state index in [9.17, 15) is 14.7 Å². The number of hydrogen-bond acceptors (Lipinski definition) is 5. The van der Waals surface area contributed by atoms with Crippen molar-refractivity contribution in [3.8, 4) is 11.8 Å². The van der Waals surface area contributed by atoms with Crippen LogP contribution in [0.4, 0.5) is 0 Å². The molecule has 7 heteroatoms. The molecular weight excluding hydrogens is 296 g/mol. The average Bonchev–Trinajstić information content (AvgIpc) is 2.51. The van der Waals surface area contributed by atoms with Crippen LogP contribution >= 0.6 is 0 Å². The first-order chi connectivity index (χ1) is 10.9. The number of carbonyl (C=O) groups excluding carboxylic acids is 2. The molecule has 0 bridgehead atoms. The minimum Gasteiger partial charge on any atom is -0.508 e. The predicted molar refractivity (Wildman–Crippen MR) is 86.3 cm³/mol. The van der Waals surface area contributed by atoms with Crippen LogP contribution in [0.1, 0.15) is 5.56 Å². The standard InChI is InChI=1S/C16H20N4O3/c1-20(2)8-7-18-15(22)11-19-16(23)13(10-17)9-12-3-5-14(21)6-4-12/h3-6,9,21H,7-8,11H2,1-2H3,(H,18,22)(H,19,23)/b13-9+. The van der Waals surface area contributed by atoms with E-state index in [1.54, 1.807) is 18.2 Å². The van der Waals surface area contributed by atoms with Crippen LogP contribution in [0.15, 0.2) is 29.8 Å². The lowest BCUT2D eigenvalue weighted by Crippen LogP contribution is -2.39. The minimum absolute atomic E-state index is 0.0968. The molecular formula is C16H20N4O3. The van der Waals surface area contributed by atoms with Crippen molar-refractivity contribution in [3.05, 3.63) is 35.4 Å². The van der Waals surface area contributed by atoms with Crippen LogP contribution in [0.2, 0.25) is 0 Å². The Kier molecular flexibility index (Phi) is 7.30. The molecule has 0 saturated heterocycles. The molecule has 1 aromatic carbocycles. The third kappa shape index (κ3) is 7.11. The summed E-state index contributed by atoms with van der Waals surface area (Å²) in [5, 5.41) is 23.3. The fourth-order valence-corrected chi connectivity index (χ4v) is 1.62. The number of hydrogen-bond donors (Lipinski definition) is 3. The molecule has 0 unspecified atom stereocenters. The van der Waals surface area contributed by atoms with E-state index in [1.807, 2.05) is 19.0 Å². The maximum absolute atomic E-state index is 11.9. The lowest BCUT2D eigenvalue weighted by Gasteiger charge is -2.10. The second kappa shape index (κ2) is 9.23. The van der Waals surface area contributed by atoms with E-state index in [2.05, 4.69) is 10.6 Å². The van der Waals surface area contributed by atoms with Gasteiger partial charge in [0.1, 0.15) is 17.4 Å². The number of likely N-dealkylation sites (N-methyl/N-ethyl adjacent to an activating group) is 1. The number of nitriles is 1. The van der Waals surface area contributed by atoms with Crippen LogP contribution in [-0.4, -0.2) is 55.6 Å². The summed E-state index contributed by atoms with van der Waals surface area (Å²) >= 11 is 0. The molecule has 0 saturated carbocycles. The molecule has 3 N–H and O–H groups in total. The van der Waals surface area contributed by atoms with Crippen molar-refractivity contribution in [1.82, 2.24) is 15.5 Å². The van der Waals surface area contributed by atoms with E-state index in [0.29, 0.717) is 18.7 Å². The number of phenolic OH excluding ortho intramolecular Hbond substituents is 1. The largest absolute Gasteiger partial charge is 0.508 e. The van der Waals surface area contributed by atoms with Crippen molar-refractivity contribution in [3.63, 3.8) is 0 Å². The summed E-state index contributed by atoms with van der Waals surface area (Å²) in [5.74, 6) is -0.843. The van der Waals surface area contributed by atoms with Gasteiger partial charge in [-0.2, -0.15) is 5.26 Å². The Bertz CT molecular complexity index is 615. The summed E-state index contributed by atoms with van der Waals surface area (Å²) < 4.78 is 0. The van der Waals surface area contributed by atoms with Gasteiger partial charge in [-0.05, 0) is 37.9 Å². The van der Waals surface area contributed by atoms with Gasteiger partial charge in [0.2, 0.25) is 5.91 Å². The Balaban J connectivity index is 2.53. The number of phenols is 1. The van der Waals surface area contributed by atoms with Crippen LogP contribution in [0, 0.1) is 11.3 Å². The summed E-state index contributed by atoms with van der Waals surface area (Å²) in [4.78, 5) is 25.4. The molecule has 122 valence electrons. The Morgan fingerprint density at radius 1 is 1.26 bits per heavy atom. The zero-order valence-corrected chi connectivity index (χ0v) is 13.2. The van der Waals surface area contributed by atoms with Gasteiger partial charge in [-0.1, -0.05) is 12.1 Å². The molecule has 0 aliphatic carbocycles. The minimum atomic E-state index is -0.622. The first kappa shape index (κ1) is 18.2. The molecule has 0 spiro atoms. The van der Waals surface area contributed by atoms with Gasteiger partial charge in [-0.3, -0.25) is 9.59 Å². The summed E-state index contributed by atoms with van der Waals surface area (Å²) in [6.07, 6.45) is 1.39. The van der Waals surface area contributed by atoms with Gasteiger partial charge in [0, 0.05) is 13.1 Å². The molecule has 0 fully saturated rings. The topological polar surface area (TPSA) is 105 Å². The lowest BCUT2D eigenvalue weighted by molar-refractivity contribution is -0.124. The van der Waals surface area contributed by atoms with E-state index >= 15 is 0 Å². The molecule has 0 radical (unpaired) electrons. The van der Waals surface area contributed by atoms with Crippen LogP contribution in [0.5, 0.6) is 5.75 Å². The number of nitrogens with zero attached hydrogens (tertiary/aromatic N) is 2. The van der Waals surface area contributed by atoms with E-state index < -0.39 is 5.91 Å². The summed E-state index contributed by atoms with van der Waals surface area (Å²) in [7, 11) is 3.78. The zero-order valence-electron chi connectivity index (χ0n) is 13.2. The van der Waals surface area contributed by atoms with Gasteiger partial charge in [0.05, 0.1) is 6.54 Å². The molecule has 2 amide bonds. The van der Waals surface area contributed by atoms with Crippen molar-refractivity contribution in [2.45, 2.75) is 0 Å². The molecule has 0 atom stereocenters. The van der Waals surface area contributed by atoms with Gasteiger partial charge in [0.25, 0.3) is 5.91 Å². The number of aromatic hydroxyl groups is 1. The van der Waals surface area contributed by atoms with Crippen molar-refractivity contribution < 1.29 is 14.7 Å². The van der Waals surface area contributed by atoms with Crippen LogP contribution in [0.25, 0.3) is 6.08 Å². The molecule has 0 aliphatic heterocycles. The zero-order chi connectivity index (χ0) is 17.2. The SMILES string of the molecule is CN(C)CCNC(=O)CNC(=O)/C(C#N)=C/c1ccc(O)cc1. The lowest BCUT2D eigenvalue weighted by atomic mass is 10.1. The highest BCUT2D eigenvalue weighted by atomic mass is 16.3. The van der Waals surface area contributed by atoms with E-state index in [0.717, 1.165) is 0 Å².